The zero-order chi connectivity index (χ0) is 13.3. The van der Waals surface area contributed by atoms with Crippen molar-refractivity contribution in [3.05, 3.63) is 34.9 Å². The van der Waals surface area contributed by atoms with E-state index in [9.17, 15) is 0 Å². The molecule has 100 valence electrons. The first-order valence-electron chi connectivity index (χ1n) is 6.82. The van der Waals surface area contributed by atoms with E-state index in [1.54, 1.807) is 0 Å². The summed E-state index contributed by atoms with van der Waals surface area (Å²) in [5.74, 6) is 1.50. The summed E-state index contributed by atoms with van der Waals surface area (Å²) in [4.78, 5) is 0.604. The highest BCUT2D eigenvalue weighted by Gasteiger charge is 2.39. The zero-order valence-corrected chi connectivity index (χ0v) is 13.8. The Morgan fingerprint density at radius 3 is 2.50 bits per heavy atom. The molecule has 2 rings (SSSR count). The van der Waals surface area contributed by atoms with Crippen LogP contribution in [0.25, 0.3) is 0 Å². The van der Waals surface area contributed by atoms with Crippen LogP contribution in [0.15, 0.2) is 24.3 Å². The van der Waals surface area contributed by atoms with Gasteiger partial charge in [0.2, 0.25) is 0 Å². The molecule has 0 amide bonds. The van der Waals surface area contributed by atoms with Crippen LogP contribution < -0.4 is 0 Å². The molecule has 1 aromatic carbocycles. The molecule has 0 N–H and O–H groups in total. The maximum Gasteiger partial charge on any atom is 0.0443 e. The fourth-order valence-electron chi connectivity index (χ4n) is 3.31. The molecular formula is C16H22BrCl. The second-order valence-corrected chi connectivity index (χ2v) is 7.83. The van der Waals surface area contributed by atoms with Gasteiger partial charge in [0, 0.05) is 9.85 Å². The molecule has 2 heteroatoms. The molecule has 1 aromatic rings. The van der Waals surface area contributed by atoms with Gasteiger partial charge >= 0.3 is 0 Å². The molecule has 0 spiro atoms. The van der Waals surface area contributed by atoms with Crippen LogP contribution in [0.4, 0.5) is 0 Å². The molecule has 1 saturated carbocycles. The van der Waals surface area contributed by atoms with Gasteiger partial charge in [0.15, 0.2) is 0 Å². The zero-order valence-electron chi connectivity index (χ0n) is 11.4. The van der Waals surface area contributed by atoms with Gasteiger partial charge in [-0.05, 0) is 41.7 Å². The minimum atomic E-state index is 0.132. The Morgan fingerprint density at radius 2 is 1.89 bits per heavy atom. The van der Waals surface area contributed by atoms with E-state index in [-0.39, 0.29) is 5.41 Å². The van der Waals surface area contributed by atoms with Gasteiger partial charge in [-0.15, -0.1) is 0 Å². The van der Waals surface area contributed by atoms with Gasteiger partial charge in [0.05, 0.1) is 0 Å². The Hall–Kier alpha value is -0.0100. The van der Waals surface area contributed by atoms with Gasteiger partial charge in [-0.3, -0.25) is 0 Å². The molecule has 1 aliphatic rings. The largest absolute Gasteiger partial charge is 0.0887 e. The predicted molar refractivity (Wildman–Crippen MR) is 83.7 cm³/mol. The van der Waals surface area contributed by atoms with E-state index in [1.807, 2.05) is 12.1 Å². The average Bonchev–Trinajstić information content (AvgIpc) is 2.28. The molecule has 1 fully saturated rings. The number of benzene rings is 1. The Morgan fingerprint density at radius 1 is 1.22 bits per heavy atom. The molecule has 0 nitrogen and oxygen atoms in total. The third-order valence-electron chi connectivity index (χ3n) is 4.53. The van der Waals surface area contributed by atoms with Gasteiger partial charge in [-0.25, -0.2) is 0 Å². The van der Waals surface area contributed by atoms with Crippen molar-refractivity contribution in [1.29, 1.82) is 0 Å². The van der Waals surface area contributed by atoms with Gasteiger partial charge in [-0.1, -0.05) is 72.9 Å². The lowest BCUT2D eigenvalue weighted by Crippen LogP contribution is -2.38. The lowest BCUT2D eigenvalue weighted by Gasteiger charge is -2.42. The van der Waals surface area contributed by atoms with Crippen LogP contribution in [0.2, 0.25) is 5.02 Å². The van der Waals surface area contributed by atoms with E-state index in [4.69, 9.17) is 11.6 Å². The van der Waals surface area contributed by atoms with Crippen molar-refractivity contribution >= 4 is 27.5 Å². The summed E-state index contributed by atoms with van der Waals surface area (Å²) in [7, 11) is 0. The van der Waals surface area contributed by atoms with Crippen LogP contribution in [0.3, 0.4) is 0 Å². The van der Waals surface area contributed by atoms with Gasteiger partial charge in [0.1, 0.15) is 0 Å². The maximum absolute atomic E-state index is 6.39. The summed E-state index contributed by atoms with van der Waals surface area (Å²) in [5, 5.41) is 0.904. The summed E-state index contributed by atoms with van der Waals surface area (Å²) in [5.41, 5.74) is 1.42. The molecule has 0 saturated heterocycles. The SMILES string of the molecule is CC1CCC(C(C)(C)c2ccccc2Cl)C(Br)C1. The normalized spacial score (nSPS) is 29.3. The van der Waals surface area contributed by atoms with Crippen molar-refractivity contribution in [3.8, 4) is 0 Å². The smallest absolute Gasteiger partial charge is 0.0443 e. The highest BCUT2D eigenvalue weighted by Crippen LogP contribution is 2.46. The van der Waals surface area contributed by atoms with Crippen molar-refractivity contribution in [1.82, 2.24) is 0 Å². The van der Waals surface area contributed by atoms with Crippen molar-refractivity contribution in [2.75, 3.05) is 0 Å². The number of rotatable bonds is 2. The second kappa shape index (κ2) is 5.54. The lowest BCUT2D eigenvalue weighted by molar-refractivity contribution is 0.214. The predicted octanol–water partition coefficient (Wildman–Crippen LogP) is 5.82. The molecule has 0 aromatic heterocycles. The quantitative estimate of drug-likeness (QED) is 0.600. The van der Waals surface area contributed by atoms with Crippen LogP contribution >= 0.6 is 27.5 Å². The summed E-state index contributed by atoms with van der Waals surface area (Å²) in [6.07, 6.45) is 3.90. The highest BCUT2D eigenvalue weighted by molar-refractivity contribution is 9.09. The van der Waals surface area contributed by atoms with Crippen LogP contribution in [0.5, 0.6) is 0 Å². The Balaban J connectivity index is 2.28. The number of halogens is 2. The van der Waals surface area contributed by atoms with E-state index in [0.29, 0.717) is 10.7 Å². The third-order valence-corrected chi connectivity index (χ3v) is 5.87. The first-order chi connectivity index (χ1) is 8.43. The van der Waals surface area contributed by atoms with Crippen LogP contribution in [0, 0.1) is 11.8 Å². The minimum Gasteiger partial charge on any atom is -0.0887 e. The number of alkyl halides is 1. The van der Waals surface area contributed by atoms with E-state index in [0.717, 1.165) is 10.9 Å². The van der Waals surface area contributed by atoms with E-state index >= 15 is 0 Å². The fourth-order valence-corrected chi connectivity index (χ4v) is 5.25. The molecule has 0 radical (unpaired) electrons. The lowest BCUT2D eigenvalue weighted by atomic mass is 9.66. The first kappa shape index (κ1) is 14.4. The van der Waals surface area contributed by atoms with E-state index in [2.05, 4.69) is 48.8 Å². The molecule has 3 atom stereocenters. The van der Waals surface area contributed by atoms with Crippen LogP contribution in [-0.4, -0.2) is 4.83 Å². The van der Waals surface area contributed by atoms with Gasteiger partial charge < -0.3 is 0 Å². The van der Waals surface area contributed by atoms with Crippen LogP contribution in [0.1, 0.15) is 45.6 Å². The minimum absolute atomic E-state index is 0.132. The topological polar surface area (TPSA) is 0 Å². The van der Waals surface area contributed by atoms with Gasteiger partial charge in [0.25, 0.3) is 0 Å². The Kier molecular flexibility index (Phi) is 4.44. The first-order valence-corrected chi connectivity index (χ1v) is 8.11. The van der Waals surface area contributed by atoms with Crippen LogP contribution in [-0.2, 0) is 5.41 Å². The van der Waals surface area contributed by atoms with Crippen molar-refractivity contribution in [3.63, 3.8) is 0 Å². The summed E-state index contributed by atoms with van der Waals surface area (Å²) in [6, 6.07) is 8.29. The Bertz CT molecular complexity index is 413. The van der Waals surface area contributed by atoms with Gasteiger partial charge in [-0.2, -0.15) is 0 Å². The molecule has 1 aliphatic carbocycles. The molecule has 18 heavy (non-hydrogen) atoms. The average molecular weight is 330 g/mol. The maximum atomic E-state index is 6.39. The summed E-state index contributed by atoms with van der Waals surface area (Å²) >= 11 is 10.3. The summed E-state index contributed by atoms with van der Waals surface area (Å²) in [6.45, 7) is 7.03. The molecule has 0 bridgehead atoms. The van der Waals surface area contributed by atoms with Crippen molar-refractivity contribution in [2.24, 2.45) is 11.8 Å². The monoisotopic (exact) mass is 328 g/mol. The van der Waals surface area contributed by atoms with Crippen molar-refractivity contribution < 1.29 is 0 Å². The molecular weight excluding hydrogens is 308 g/mol. The van der Waals surface area contributed by atoms with E-state index < -0.39 is 0 Å². The van der Waals surface area contributed by atoms with Crippen molar-refractivity contribution in [2.45, 2.75) is 50.3 Å². The number of hydrogen-bond donors (Lipinski definition) is 0. The Labute approximate surface area is 124 Å². The molecule has 0 heterocycles. The third kappa shape index (κ3) is 2.77. The molecule has 0 aliphatic heterocycles. The second-order valence-electron chi connectivity index (χ2n) is 6.24. The number of hydrogen-bond acceptors (Lipinski definition) is 0. The molecule has 3 unspecified atom stereocenters. The highest BCUT2D eigenvalue weighted by atomic mass is 79.9. The van der Waals surface area contributed by atoms with E-state index in [1.165, 1.54) is 24.8 Å². The fraction of sp³-hybridized carbons (Fsp3) is 0.625. The summed E-state index contributed by atoms with van der Waals surface area (Å²) < 4.78 is 0. The standard InChI is InChI=1S/C16H22BrCl/c1-11-8-9-12(14(17)10-11)16(2,3)13-6-4-5-7-15(13)18/h4-7,11-12,14H,8-10H2,1-3H3.